The molecule has 1 fully saturated rings. The maximum Gasteiger partial charge on any atom is 0.416 e. The van der Waals surface area contributed by atoms with Crippen LogP contribution in [-0.4, -0.2) is 30.0 Å². The van der Waals surface area contributed by atoms with Crippen molar-refractivity contribution in [1.82, 2.24) is 9.80 Å². The van der Waals surface area contributed by atoms with Crippen LogP contribution < -0.4 is 4.74 Å². The first-order valence-electron chi connectivity index (χ1n) is 10.9. The van der Waals surface area contributed by atoms with Crippen LogP contribution in [0.4, 0.5) is 13.2 Å². The van der Waals surface area contributed by atoms with Gasteiger partial charge in [-0.25, -0.2) is 0 Å². The minimum absolute atomic E-state index is 0.321. The molecule has 0 N–H and O–H groups in total. The standard InChI is InChI=1S/C27H27F3N2O/c1-20-18-31(19-22-7-4-3-5-8-22)26(23-9-6-10-24(17-23)27(28,29)30)32(20)16-15-21-11-13-25(33-2)14-12-21/h3-14,17,26H,1,15-16,18-19H2,2H3. The Morgan fingerprint density at radius 2 is 1.67 bits per heavy atom. The van der Waals surface area contributed by atoms with Crippen LogP contribution in [0, 0.1) is 0 Å². The largest absolute Gasteiger partial charge is 0.497 e. The van der Waals surface area contributed by atoms with Gasteiger partial charge in [0.05, 0.1) is 12.7 Å². The Morgan fingerprint density at radius 3 is 2.33 bits per heavy atom. The number of nitrogens with zero attached hydrogens (tertiary/aromatic N) is 2. The average Bonchev–Trinajstić information content (AvgIpc) is 3.12. The maximum absolute atomic E-state index is 13.4. The fourth-order valence-electron chi connectivity index (χ4n) is 4.33. The topological polar surface area (TPSA) is 15.7 Å². The molecule has 0 aliphatic carbocycles. The fraction of sp³-hybridized carbons (Fsp3) is 0.259. The van der Waals surface area contributed by atoms with Crippen LogP contribution in [0.3, 0.4) is 0 Å². The summed E-state index contributed by atoms with van der Waals surface area (Å²) in [5.74, 6) is 0.792. The molecule has 6 heteroatoms. The summed E-state index contributed by atoms with van der Waals surface area (Å²) in [6, 6.07) is 23.5. The van der Waals surface area contributed by atoms with Gasteiger partial charge in [-0.15, -0.1) is 0 Å². The Hall–Kier alpha value is -3.25. The van der Waals surface area contributed by atoms with E-state index in [1.165, 1.54) is 12.1 Å². The molecular formula is C27H27F3N2O. The van der Waals surface area contributed by atoms with Gasteiger partial charge in [-0.2, -0.15) is 13.2 Å². The van der Waals surface area contributed by atoms with Gasteiger partial charge in [0.1, 0.15) is 11.9 Å². The Bertz CT molecular complexity index is 1080. The van der Waals surface area contributed by atoms with Gasteiger partial charge in [-0.3, -0.25) is 4.90 Å². The van der Waals surface area contributed by atoms with Gasteiger partial charge in [0.2, 0.25) is 0 Å². The SMILES string of the molecule is C=C1CN(Cc2ccccc2)C(c2cccc(C(F)(F)F)c2)N1CCc1ccc(OC)cc1. The summed E-state index contributed by atoms with van der Waals surface area (Å²) in [5, 5.41) is 0. The molecule has 1 atom stereocenters. The van der Waals surface area contributed by atoms with E-state index in [9.17, 15) is 13.2 Å². The van der Waals surface area contributed by atoms with Gasteiger partial charge in [0.15, 0.2) is 0 Å². The minimum Gasteiger partial charge on any atom is -0.497 e. The quantitative estimate of drug-likeness (QED) is 0.419. The number of benzene rings is 3. The molecule has 3 aromatic carbocycles. The summed E-state index contributed by atoms with van der Waals surface area (Å²) in [5.41, 5.74) is 3.13. The third-order valence-electron chi connectivity index (χ3n) is 5.97. The lowest BCUT2D eigenvalue weighted by molar-refractivity contribution is -0.137. The number of ether oxygens (including phenoxy) is 1. The lowest BCUT2D eigenvalue weighted by Gasteiger charge is -2.32. The summed E-state index contributed by atoms with van der Waals surface area (Å²) in [6.07, 6.45) is -3.96. The van der Waals surface area contributed by atoms with E-state index in [4.69, 9.17) is 4.74 Å². The van der Waals surface area contributed by atoms with Crippen molar-refractivity contribution in [3.8, 4) is 5.75 Å². The molecule has 3 nitrogen and oxygen atoms in total. The lowest BCUT2D eigenvalue weighted by atomic mass is 10.1. The van der Waals surface area contributed by atoms with Crippen molar-refractivity contribution in [2.24, 2.45) is 0 Å². The van der Waals surface area contributed by atoms with Gasteiger partial charge in [0.25, 0.3) is 0 Å². The van der Waals surface area contributed by atoms with E-state index in [1.54, 1.807) is 13.2 Å². The average molecular weight is 453 g/mol. The molecule has 0 saturated carbocycles. The van der Waals surface area contributed by atoms with E-state index < -0.39 is 11.7 Å². The van der Waals surface area contributed by atoms with Crippen molar-refractivity contribution in [2.45, 2.75) is 25.3 Å². The number of hydrogen-bond donors (Lipinski definition) is 0. The molecule has 1 aliphatic rings. The Labute approximate surface area is 192 Å². The maximum atomic E-state index is 13.4. The van der Waals surface area contributed by atoms with E-state index in [0.29, 0.717) is 25.2 Å². The molecule has 0 spiro atoms. The van der Waals surface area contributed by atoms with E-state index in [-0.39, 0.29) is 6.17 Å². The molecule has 1 heterocycles. The van der Waals surface area contributed by atoms with Gasteiger partial charge in [0, 0.05) is 25.3 Å². The van der Waals surface area contributed by atoms with Gasteiger partial charge >= 0.3 is 6.18 Å². The first-order valence-corrected chi connectivity index (χ1v) is 10.9. The van der Waals surface area contributed by atoms with E-state index >= 15 is 0 Å². The number of rotatable bonds is 7. The summed E-state index contributed by atoms with van der Waals surface area (Å²) in [4.78, 5) is 4.31. The third-order valence-corrected chi connectivity index (χ3v) is 5.97. The van der Waals surface area contributed by atoms with Crippen LogP contribution in [-0.2, 0) is 19.1 Å². The predicted molar refractivity (Wildman–Crippen MR) is 124 cm³/mol. The normalized spacial score (nSPS) is 16.9. The van der Waals surface area contributed by atoms with Crippen LogP contribution in [0.15, 0.2) is 91.1 Å². The summed E-state index contributed by atoms with van der Waals surface area (Å²) < 4.78 is 45.6. The predicted octanol–water partition coefficient (Wildman–Crippen LogP) is 6.29. The summed E-state index contributed by atoms with van der Waals surface area (Å²) in [6.45, 7) is 6.13. The number of hydrogen-bond acceptors (Lipinski definition) is 3. The highest BCUT2D eigenvalue weighted by Gasteiger charge is 2.37. The molecule has 1 saturated heterocycles. The highest BCUT2D eigenvalue weighted by molar-refractivity contribution is 5.31. The number of alkyl halides is 3. The zero-order chi connectivity index (χ0) is 23.4. The lowest BCUT2D eigenvalue weighted by Crippen LogP contribution is -2.32. The van der Waals surface area contributed by atoms with Crippen molar-refractivity contribution in [3.63, 3.8) is 0 Å². The molecule has 0 amide bonds. The Kier molecular flexibility index (Phi) is 6.75. The van der Waals surface area contributed by atoms with Gasteiger partial charge in [-0.1, -0.05) is 61.2 Å². The highest BCUT2D eigenvalue weighted by atomic mass is 19.4. The molecule has 4 rings (SSSR count). The summed E-state index contributed by atoms with van der Waals surface area (Å²) in [7, 11) is 1.63. The molecule has 3 aromatic rings. The molecule has 1 unspecified atom stereocenters. The van der Waals surface area contributed by atoms with Crippen molar-refractivity contribution >= 4 is 0 Å². The fourth-order valence-corrected chi connectivity index (χ4v) is 4.33. The third kappa shape index (κ3) is 5.40. The second-order valence-electron chi connectivity index (χ2n) is 8.25. The first-order chi connectivity index (χ1) is 15.8. The zero-order valence-corrected chi connectivity index (χ0v) is 18.6. The van der Waals surface area contributed by atoms with E-state index in [2.05, 4.69) is 16.4 Å². The Morgan fingerprint density at radius 1 is 0.939 bits per heavy atom. The summed E-state index contributed by atoms with van der Waals surface area (Å²) >= 11 is 0. The molecule has 0 radical (unpaired) electrons. The van der Waals surface area contributed by atoms with Gasteiger partial charge < -0.3 is 9.64 Å². The molecule has 33 heavy (non-hydrogen) atoms. The zero-order valence-electron chi connectivity index (χ0n) is 18.6. The van der Waals surface area contributed by atoms with Gasteiger partial charge in [-0.05, 0) is 47.4 Å². The van der Waals surface area contributed by atoms with Crippen LogP contribution in [0.25, 0.3) is 0 Å². The van der Waals surface area contributed by atoms with Crippen LogP contribution in [0.2, 0.25) is 0 Å². The van der Waals surface area contributed by atoms with Crippen molar-refractivity contribution in [3.05, 3.63) is 113 Å². The van der Waals surface area contributed by atoms with Crippen LogP contribution >= 0.6 is 0 Å². The number of methoxy groups -OCH3 is 1. The van der Waals surface area contributed by atoms with E-state index in [0.717, 1.165) is 35.1 Å². The highest BCUT2D eigenvalue weighted by Crippen LogP contribution is 2.38. The first kappa shape index (κ1) is 22.9. The molecular weight excluding hydrogens is 425 g/mol. The second kappa shape index (κ2) is 9.71. The smallest absolute Gasteiger partial charge is 0.416 e. The van der Waals surface area contributed by atoms with Crippen molar-refractivity contribution in [1.29, 1.82) is 0 Å². The second-order valence-corrected chi connectivity index (χ2v) is 8.25. The molecule has 1 aliphatic heterocycles. The van der Waals surface area contributed by atoms with E-state index in [1.807, 2.05) is 54.6 Å². The monoisotopic (exact) mass is 452 g/mol. The van der Waals surface area contributed by atoms with Crippen molar-refractivity contribution < 1.29 is 17.9 Å². The van der Waals surface area contributed by atoms with Crippen LogP contribution in [0.5, 0.6) is 5.75 Å². The molecule has 0 aromatic heterocycles. The molecule has 172 valence electrons. The van der Waals surface area contributed by atoms with Crippen molar-refractivity contribution in [2.75, 3.05) is 20.2 Å². The Balaban J connectivity index is 1.62. The minimum atomic E-state index is -4.39. The number of halogens is 3. The van der Waals surface area contributed by atoms with Crippen LogP contribution in [0.1, 0.15) is 28.4 Å². The molecule has 0 bridgehead atoms.